The molecule has 96 valence electrons. The van der Waals surface area contributed by atoms with Gasteiger partial charge >= 0.3 is 116 Å². The van der Waals surface area contributed by atoms with Gasteiger partial charge in [-0.1, -0.05) is 0 Å². The average molecular weight is 362 g/mol. The summed E-state index contributed by atoms with van der Waals surface area (Å²) in [5, 5.41) is 0. The van der Waals surface area contributed by atoms with Gasteiger partial charge in [-0.25, -0.2) is 0 Å². The fourth-order valence-corrected chi connectivity index (χ4v) is 4.69. The van der Waals surface area contributed by atoms with Crippen LogP contribution in [0.1, 0.15) is 10.6 Å². The predicted molar refractivity (Wildman–Crippen MR) is 69.0 cm³/mol. The van der Waals surface area contributed by atoms with Gasteiger partial charge in [-0.15, -0.1) is 0 Å². The van der Waals surface area contributed by atoms with Crippen molar-refractivity contribution in [3.05, 3.63) is 21.9 Å². The van der Waals surface area contributed by atoms with E-state index in [1.807, 2.05) is 19.1 Å². The fourth-order valence-electron chi connectivity index (χ4n) is 1.84. The summed E-state index contributed by atoms with van der Waals surface area (Å²) in [5.74, 6) is 0.643. The molecule has 0 fully saturated rings. The van der Waals surface area contributed by atoms with Crippen LogP contribution in [0.25, 0.3) is 8.92 Å². The summed E-state index contributed by atoms with van der Waals surface area (Å²) in [5.41, 5.74) is 1.10. The number of hydrogen-bond donors (Lipinski definition) is 0. The van der Waals surface area contributed by atoms with Crippen molar-refractivity contribution < 1.29 is 18.8 Å². The van der Waals surface area contributed by atoms with Gasteiger partial charge < -0.3 is 0 Å². The molecule has 0 aliphatic heterocycles. The molecule has 1 heterocycles. The molecule has 0 aliphatic rings. The normalized spacial score (nSPS) is 10.6. The fraction of sp³-hybridized carbons (Fsp3) is 0.385. The molecule has 0 bridgehead atoms. The first-order chi connectivity index (χ1) is 8.65. The molecule has 4 nitrogen and oxygen atoms in total. The Bertz CT molecular complexity index is 577. The number of rotatable bonds is 4. The summed E-state index contributed by atoms with van der Waals surface area (Å²) in [6, 6.07) is 6.08. The van der Waals surface area contributed by atoms with Crippen LogP contribution < -0.4 is 9.30 Å². The van der Waals surface area contributed by atoms with E-state index in [2.05, 4.69) is 17.6 Å². The van der Waals surface area contributed by atoms with Gasteiger partial charge in [0.25, 0.3) is 0 Å². The van der Waals surface area contributed by atoms with E-state index < -0.39 is 0 Å². The number of hydrogen-bond acceptors (Lipinski definition) is 3. The maximum atomic E-state index is 11.6. The van der Waals surface area contributed by atoms with Crippen LogP contribution in [0.3, 0.4) is 0 Å². The molecule has 0 saturated heterocycles. The van der Waals surface area contributed by atoms with Crippen LogP contribution in [0.4, 0.5) is 0 Å². The van der Waals surface area contributed by atoms with Crippen molar-refractivity contribution in [2.75, 3.05) is 13.7 Å². The second-order valence-corrected chi connectivity index (χ2v) is 7.37. The third-order valence-electron chi connectivity index (χ3n) is 2.69. The Morgan fingerprint density at radius 3 is 2.89 bits per heavy atom. The third kappa shape index (κ3) is 2.68. The van der Waals surface area contributed by atoms with Crippen LogP contribution in [0.2, 0.25) is 0 Å². The second-order valence-electron chi connectivity index (χ2n) is 3.85. The molecule has 0 N–H and O–H groups in total. The molecule has 1 aromatic heterocycles. The molecule has 0 spiro atoms. The number of methoxy groups -OCH3 is 1. The number of benzene rings is 1. The quantitative estimate of drug-likeness (QED) is 0.464. The number of aryl methyl sites for hydroxylation is 1. The van der Waals surface area contributed by atoms with Crippen LogP contribution in [-0.4, -0.2) is 40.1 Å². The molecule has 0 unspecified atom stereocenters. The summed E-state index contributed by atoms with van der Waals surface area (Å²) < 4.78 is 14.9. The van der Waals surface area contributed by atoms with E-state index in [1.54, 1.807) is 7.11 Å². The van der Waals surface area contributed by atoms with Gasteiger partial charge in [0.15, 0.2) is 0 Å². The SMILES string of the molecule is CCOC(=O)C[n+]1c(C)[te]c2ccc(OC)cc21. The first-order valence-electron chi connectivity index (χ1n) is 5.78. The van der Waals surface area contributed by atoms with Crippen molar-refractivity contribution in [3.8, 4) is 5.75 Å². The van der Waals surface area contributed by atoms with Crippen LogP contribution in [-0.2, 0) is 16.1 Å². The Morgan fingerprint density at radius 1 is 1.44 bits per heavy atom. The number of carbonyl (C=O) groups excluding carboxylic acids is 1. The summed E-state index contributed by atoms with van der Waals surface area (Å²) >= 11 is -0.349. The van der Waals surface area contributed by atoms with E-state index in [0.717, 1.165) is 11.3 Å². The van der Waals surface area contributed by atoms with Gasteiger partial charge in [-0.05, 0) is 0 Å². The zero-order valence-corrected chi connectivity index (χ0v) is 13.1. The van der Waals surface area contributed by atoms with Gasteiger partial charge in [0, 0.05) is 0 Å². The van der Waals surface area contributed by atoms with Gasteiger partial charge in [0.1, 0.15) is 0 Å². The van der Waals surface area contributed by atoms with Gasteiger partial charge in [-0.3, -0.25) is 0 Å². The van der Waals surface area contributed by atoms with Crippen molar-refractivity contribution in [2.45, 2.75) is 20.4 Å². The van der Waals surface area contributed by atoms with Gasteiger partial charge in [0.05, 0.1) is 0 Å². The first-order valence-corrected chi connectivity index (χ1v) is 8.11. The number of nitrogens with zero attached hydrogens (tertiary/aromatic N) is 1. The van der Waals surface area contributed by atoms with Crippen molar-refractivity contribution >= 4 is 35.3 Å². The molecule has 5 heteroatoms. The summed E-state index contributed by atoms with van der Waals surface area (Å²) in [7, 11) is 1.65. The molecule has 0 radical (unpaired) electrons. The van der Waals surface area contributed by atoms with E-state index in [4.69, 9.17) is 9.47 Å². The number of fused-ring (bicyclic) bond motifs is 1. The van der Waals surface area contributed by atoms with E-state index >= 15 is 0 Å². The number of esters is 1. The molecule has 0 amide bonds. The Hall–Kier alpha value is -1.05. The van der Waals surface area contributed by atoms with Crippen molar-refractivity contribution in [1.29, 1.82) is 0 Å². The van der Waals surface area contributed by atoms with Crippen molar-refractivity contribution in [1.82, 2.24) is 0 Å². The van der Waals surface area contributed by atoms with Crippen molar-refractivity contribution in [2.24, 2.45) is 0 Å². The topological polar surface area (TPSA) is 39.4 Å². The van der Waals surface area contributed by atoms with E-state index in [1.165, 1.54) is 7.11 Å². The molecule has 0 aliphatic carbocycles. The first kappa shape index (κ1) is 13.4. The number of carbonyl (C=O) groups is 1. The van der Waals surface area contributed by atoms with E-state index in [9.17, 15) is 4.79 Å². The van der Waals surface area contributed by atoms with Crippen molar-refractivity contribution in [3.63, 3.8) is 0 Å². The number of aromatic nitrogens is 1. The van der Waals surface area contributed by atoms with Crippen LogP contribution >= 0.6 is 0 Å². The Morgan fingerprint density at radius 2 is 2.22 bits per heavy atom. The summed E-state index contributed by atoms with van der Waals surface area (Å²) in [6.07, 6.45) is 0. The maximum absolute atomic E-state index is 11.6. The zero-order valence-electron chi connectivity index (χ0n) is 10.7. The Labute approximate surface area is 116 Å². The van der Waals surface area contributed by atoms with E-state index in [-0.39, 0.29) is 26.4 Å². The molecule has 0 saturated carbocycles. The Balaban J connectivity index is 2.41. The minimum atomic E-state index is -0.349. The molecule has 18 heavy (non-hydrogen) atoms. The van der Waals surface area contributed by atoms with Crippen LogP contribution in [0.15, 0.2) is 18.2 Å². The zero-order chi connectivity index (χ0) is 13.1. The minimum absolute atomic E-state index is 0.181. The molecule has 2 rings (SSSR count). The summed E-state index contributed by atoms with van der Waals surface area (Å²) in [4.78, 5) is 11.6. The number of ether oxygens (including phenoxy) is 2. The average Bonchev–Trinajstić information content (AvgIpc) is 2.65. The van der Waals surface area contributed by atoms with Gasteiger partial charge in [-0.2, -0.15) is 0 Å². The molecule has 1 aromatic carbocycles. The van der Waals surface area contributed by atoms with Crippen LogP contribution in [0, 0.1) is 6.92 Å². The van der Waals surface area contributed by atoms with Gasteiger partial charge in [0.2, 0.25) is 0 Å². The summed E-state index contributed by atoms with van der Waals surface area (Å²) in [6.45, 7) is 4.63. The molecule has 0 atom stereocenters. The third-order valence-corrected chi connectivity index (χ3v) is 5.77. The van der Waals surface area contributed by atoms with E-state index in [0.29, 0.717) is 13.2 Å². The second kappa shape index (κ2) is 5.73. The molecular weight excluding hydrogens is 346 g/mol. The van der Waals surface area contributed by atoms with Crippen LogP contribution in [0.5, 0.6) is 5.75 Å². The molecule has 2 aromatic rings. The molecular formula is C13H16NO3Te+. The monoisotopic (exact) mass is 364 g/mol. The standard InChI is InChI=1S/C13H16NO3Te/c1-4-17-13(15)8-14-9(2)18-12-6-5-10(16-3)7-11(12)14/h5-7H,4,8H2,1-3H3/q+1. The Kier molecular flexibility index (Phi) is 4.26. The predicted octanol–water partition coefficient (Wildman–Crippen LogP) is 1.06.